The second-order valence-corrected chi connectivity index (χ2v) is 6.28. The van der Waals surface area contributed by atoms with Crippen LogP contribution in [0.5, 0.6) is 0 Å². The van der Waals surface area contributed by atoms with Crippen LogP contribution >= 0.6 is 23.2 Å². The highest BCUT2D eigenvalue weighted by molar-refractivity contribution is 7.90. The van der Waals surface area contributed by atoms with Gasteiger partial charge >= 0.3 is 5.97 Å². The molecule has 3 nitrogen and oxygen atoms in total. The number of aromatic carboxylic acids is 1. The highest BCUT2D eigenvalue weighted by Gasteiger charge is 2.21. The SMILES string of the molecule is O=C(O)c1cc([S+]([O-])Cc2ccccc2)c(Cl)cc1Cl. The molecular formula is C14H10Cl2O3S. The quantitative estimate of drug-likeness (QED) is 0.863. The topological polar surface area (TPSA) is 60.4 Å². The molecule has 2 aromatic carbocycles. The predicted molar refractivity (Wildman–Crippen MR) is 80.0 cm³/mol. The number of carboxylic acids is 1. The van der Waals surface area contributed by atoms with Crippen LogP contribution in [-0.4, -0.2) is 15.6 Å². The summed E-state index contributed by atoms with van der Waals surface area (Å²) in [7, 11) is 0. The Bertz CT molecular complexity index is 632. The van der Waals surface area contributed by atoms with Gasteiger partial charge < -0.3 is 9.66 Å². The van der Waals surface area contributed by atoms with Crippen LogP contribution < -0.4 is 0 Å². The fourth-order valence-corrected chi connectivity index (χ4v) is 3.57. The Balaban J connectivity index is 2.32. The van der Waals surface area contributed by atoms with Crippen LogP contribution in [0.25, 0.3) is 0 Å². The Hall–Kier alpha value is -1.20. The smallest absolute Gasteiger partial charge is 0.337 e. The highest BCUT2D eigenvalue weighted by atomic mass is 35.5. The third-order valence-corrected chi connectivity index (χ3v) is 4.80. The molecule has 0 fully saturated rings. The Kier molecular flexibility index (Phi) is 4.94. The maximum atomic E-state index is 12.3. The molecule has 0 saturated carbocycles. The molecule has 0 aliphatic heterocycles. The third-order valence-electron chi connectivity index (χ3n) is 2.64. The third kappa shape index (κ3) is 3.46. The van der Waals surface area contributed by atoms with Gasteiger partial charge in [-0.15, -0.1) is 0 Å². The number of rotatable bonds is 4. The van der Waals surface area contributed by atoms with Gasteiger partial charge in [-0.25, -0.2) is 4.79 Å². The summed E-state index contributed by atoms with van der Waals surface area (Å²) in [5.41, 5.74) is 0.779. The summed E-state index contributed by atoms with van der Waals surface area (Å²) in [4.78, 5) is 11.3. The zero-order valence-corrected chi connectivity index (χ0v) is 12.5. The van der Waals surface area contributed by atoms with E-state index < -0.39 is 17.1 Å². The Morgan fingerprint density at radius 3 is 2.40 bits per heavy atom. The molecule has 2 rings (SSSR count). The molecule has 0 spiro atoms. The maximum absolute atomic E-state index is 12.3. The summed E-state index contributed by atoms with van der Waals surface area (Å²) in [6.45, 7) is 0. The highest BCUT2D eigenvalue weighted by Crippen LogP contribution is 2.30. The first-order valence-electron chi connectivity index (χ1n) is 5.63. The minimum atomic E-state index is -1.43. The van der Waals surface area contributed by atoms with Crippen molar-refractivity contribution in [3.8, 4) is 0 Å². The molecule has 20 heavy (non-hydrogen) atoms. The lowest BCUT2D eigenvalue weighted by Gasteiger charge is -2.13. The molecule has 6 heteroatoms. The Labute approximate surface area is 129 Å². The average molecular weight is 329 g/mol. The van der Waals surface area contributed by atoms with Crippen molar-refractivity contribution in [3.63, 3.8) is 0 Å². The largest absolute Gasteiger partial charge is 0.611 e. The summed E-state index contributed by atoms with van der Waals surface area (Å²) in [6.07, 6.45) is 0. The first kappa shape index (κ1) is 15.2. The van der Waals surface area contributed by atoms with E-state index in [1.54, 1.807) is 0 Å². The molecule has 1 N–H and O–H groups in total. The second kappa shape index (κ2) is 6.50. The zero-order chi connectivity index (χ0) is 14.7. The van der Waals surface area contributed by atoms with Crippen LogP contribution in [0.3, 0.4) is 0 Å². The van der Waals surface area contributed by atoms with Gasteiger partial charge in [0.1, 0.15) is 5.75 Å². The number of halogens is 2. The van der Waals surface area contributed by atoms with Crippen molar-refractivity contribution in [2.45, 2.75) is 10.6 Å². The number of benzene rings is 2. The van der Waals surface area contributed by atoms with Gasteiger partial charge in [0.25, 0.3) is 0 Å². The van der Waals surface area contributed by atoms with Crippen molar-refractivity contribution in [2.24, 2.45) is 0 Å². The van der Waals surface area contributed by atoms with Crippen LogP contribution in [-0.2, 0) is 16.9 Å². The number of hydrogen-bond acceptors (Lipinski definition) is 2. The lowest BCUT2D eigenvalue weighted by molar-refractivity contribution is 0.0697. The molecule has 0 aliphatic carbocycles. The zero-order valence-electron chi connectivity index (χ0n) is 10.2. The first-order valence-corrected chi connectivity index (χ1v) is 7.71. The van der Waals surface area contributed by atoms with Gasteiger partial charge in [0.05, 0.1) is 15.6 Å². The van der Waals surface area contributed by atoms with E-state index in [2.05, 4.69) is 0 Å². The van der Waals surface area contributed by atoms with E-state index in [0.717, 1.165) is 5.56 Å². The van der Waals surface area contributed by atoms with Gasteiger partial charge in [0.2, 0.25) is 0 Å². The lowest BCUT2D eigenvalue weighted by atomic mass is 10.2. The minimum Gasteiger partial charge on any atom is -0.611 e. The molecular weight excluding hydrogens is 319 g/mol. The summed E-state index contributed by atoms with van der Waals surface area (Å²) in [5, 5.41) is 9.26. The van der Waals surface area contributed by atoms with Crippen LogP contribution in [0.2, 0.25) is 10.0 Å². The molecule has 1 atom stereocenters. The van der Waals surface area contributed by atoms with Crippen molar-refractivity contribution < 1.29 is 14.5 Å². The average Bonchev–Trinajstić information content (AvgIpc) is 2.39. The summed E-state index contributed by atoms with van der Waals surface area (Å²) in [5.74, 6) is -0.911. The fraction of sp³-hybridized carbons (Fsp3) is 0.0714. The van der Waals surface area contributed by atoms with Gasteiger partial charge in [0, 0.05) is 11.6 Å². The number of carbonyl (C=O) groups is 1. The molecule has 0 saturated heterocycles. The molecule has 0 aliphatic rings. The molecule has 0 aromatic heterocycles. The van der Waals surface area contributed by atoms with Crippen molar-refractivity contribution in [1.82, 2.24) is 0 Å². The van der Waals surface area contributed by atoms with Crippen LogP contribution in [0.15, 0.2) is 47.4 Å². The van der Waals surface area contributed by atoms with E-state index in [1.165, 1.54) is 12.1 Å². The molecule has 0 radical (unpaired) electrons. The summed E-state index contributed by atoms with van der Waals surface area (Å²) in [6, 6.07) is 11.8. The second-order valence-electron chi connectivity index (χ2n) is 4.04. The van der Waals surface area contributed by atoms with E-state index in [4.69, 9.17) is 28.3 Å². The van der Waals surface area contributed by atoms with Gasteiger partial charge in [0.15, 0.2) is 4.90 Å². The monoisotopic (exact) mass is 328 g/mol. The molecule has 2 aromatic rings. The summed E-state index contributed by atoms with van der Waals surface area (Å²) >= 11 is 10.4. The van der Waals surface area contributed by atoms with Gasteiger partial charge in [-0.1, -0.05) is 53.5 Å². The van der Waals surface area contributed by atoms with Crippen molar-refractivity contribution in [2.75, 3.05) is 0 Å². The van der Waals surface area contributed by atoms with Crippen molar-refractivity contribution in [1.29, 1.82) is 0 Å². The van der Waals surface area contributed by atoms with Crippen LogP contribution in [0.4, 0.5) is 0 Å². The van der Waals surface area contributed by atoms with Crippen molar-refractivity contribution in [3.05, 3.63) is 63.6 Å². The number of hydrogen-bond donors (Lipinski definition) is 1. The lowest BCUT2D eigenvalue weighted by Crippen LogP contribution is -2.08. The molecule has 104 valence electrons. The molecule has 0 heterocycles. The molecule has 1 unspecified atom stereocenters. The van der Waals surface area contributed by atoms with Gasteiger partial charge in [-0.05, 0) is 17.2 Å². The molecule has 0 amide bonds. The van der Waals surface area contributed by atoms with E-state index >= 15 is 0 Å². The van der Waals surface area contributed by atoms with Gasteiger partial charge in [-0.3, -0.25) is 0 Å². The minimum absolute atomic E-state index is 0.0305. The fourth-order valence-electron chi connectivity index (χ4n) is 1.67. The normalized spacial score (nSPS) is 12.2. The Morgan fingerprint density at radius 2 is 1.80 bits per heavy atom. The van der Waals surface area contributed by atoms with E-state index in [0.29, 0.717) is 0 Å². The molecule has 0 bridgehead atoms. The van der Waals surface area contributed by atoms with Crippen molar-refractivity contribution >= 4 is 40.3 Å². The van der Waals surface area contributed by atoms with E-state index in [1.807, 2.05) is 30.3 Å². The number of carboxylic acid groups (broad SMARTS) is 1. The first-order chi connectivity index (χ1) is 9.49. The van der Waals surface area contributed by atoms with E-state index in [-0.39, 0.29) is 26.3 Å². The maximum Gasteiger partial charge on any atom is 0.337 e. The Morgan fingerprint density at radius 1 is 1.15 bits per heavy atom. The van der Waals surface area contributed by atoms with E-state index in [9.17, 15) is 9.35 Å². The summed E-state index contributed by atoms with van der Waals surface area (Å²) < 4.78 is 12.3. The van der Waals surface area contributed by atoms with Crippen LogP contribution in [0.1, 0.15) is 15.9 Å². The predicted octanol–water partition coefficient (Wildman–Crippen LogP) is 4.00. The van der Waals surface area contributed by atoms with Gasteiger partial charge in [-0.2, -0.15) is 0 Å². The standard InChI is InChI=1S/C14H10Cl2O3S/c15-11-7-12(16)13(6-10(11)14(17)18)20(19)8-9-4-2-1-3-5-9/h1-7H,8H2,(H,17,18). The van der Waals surface area contributed by atoms with Crippen LogP contribution in [0, 0.1) is 0 Å².